The molecule has 0 unspecified atom stereocenters. The second-order valence-corrected chi connectivity index (χ2v) is 9.62. The first-order chi connectivity index (χ1) is 16.4. The fraction of sp³-hybridized carbons (Fsp3) is 0.0323. The molecular weight excluding hydrogens is 418 g/mol. The van der Waals surface area contributed by atoms with Gasteiger partial charge < -0.3 is 4.57 Å². The van der Waals surface area contributed by atoms with Crippen LogP contribution in [-0.2, 0) is 5.54 Å². The van der Waals surface area contributed by atoms with Gasteiger partial charge in [-0.05, 0) is 29.8 Å². The van der Waals surface area contributed by atoms with Crippen molar-refractivity contribution in [2.45, 2.75) is 15.3 Å². The molecular formula is C31H21NS. The van der Waals surface area contributed by atoms with Crippen LogP contribution in [0.25, 0.3) is 21.8 Å². The molecule has 7 rings (SSSR count). The number of rotatable bonds is 2. The number of benzene rings is 5. The number of hydrogen-bond donors (Lipinski definition) is 0. The van der Waals surface area contributed by atoms with Crippen molar-refractivity contribution in [1.82, 2.24) is 4.57 Å². The zero-order chi connectivity index (χ0) is 21.8. The molecule has 0 fully saturated rings. The van der Waals surface area contributed by atoms with Crippen LogP contribution in [0.5, 0.6) is 0 Å². The number of nitrogens with zero attached hydrogens (tertiary/aromatic N) is 1. The summed E-state index contributed by atoms with van der Waals surface area (Å²) in [5.74, 6) is 0. The van der Waals surface area contributed by atoms with Gasteiger partial charge in [-0.1, -0.05) is 115 Å². The Morgan fingerprint density at radius 3 is 1.48 bits per heavy atom. The van der Waals surface area contributed by atoms with E-state index in [0.717, 1.165) is 0 Å². The maximum Gasteiger partial charge on any atom is 0.123 e. The summed E-state index contributed by atoms with van der Waals surface area (Å²) >= 11 is 1.87. The summed E-state index contributed by atoms with van der Waals surface area (Å²) in [5.41, 5.74) is 5.94. The van der Waals surface area contributed by atoms with Crippen molar-refractivity contribution < 1.29 is 0 Å². The zero-order valence-corrected chi connectivity index (χ0v) is 18.8. The van der Waals surface area contributed by atoms with E-state index in [4.69, 9.17) is 0 Å². The van der Waals surface area contributed by atoms with Crippen molar-refractivity contribution in [2.75, 3.05) is 0 Å². The molecule has 33 heavy (non-hydrogen) atoms. The van der Waals surface area contributed by atoms with Crippen LogP contribution in [0.1, 0.15) is 16.7 Å². The minimum atomic E-state index is -0.484. The number of fused-ring (bicyclic) bond motifs is 5. The first-order valence-electron chi connectivity index (χ1n) is 11.3. The van der Waals surface area contributed by atoms with Gasteiger partial charge in [0.05, 0.1) is 11.0 Å². The zero-order valence-electron chi connectivity index (χ0n) is 18.0. The topological polar surface area (TPSA) is 4.93 Å². The van der Waals surface area contributed by atoms with Gasteiger partial charge in [0.2, 0.25) is 0 Å². The molecule has 0 bridgehead atoms. The molecule has 0 saturated carbocycles. The van der Waals surface area contributed by atoms with Gasteiger partial charge in [0.1, 0.15) is 5.54 Å². The van der Waals surface area contributed by atoms with Crippen LogP contribution in [0.3, 0.4) is 0 Å². The van der Waals surface area contributed by atoms with Crippen molar-refractivity contribution in [3.8, 4) is 0 Å². The standard InChI is InChI=1S/C31H21NS/c1-2-12-22(13-3-1)31(25-16-6-10-20-29(25)33-30-21-11-7-17-26(30)31)32-27-18-8-4-14-23(27)24-15-5-9-19-28(24)32/h1-21H. The maximum absolute atomic E-state index is 2.59. The van der Waals surface area contributed by atoms with Crippen LogP contribution in [0.4, 0.5) is 0 Å². The van der Waals surface area contributed by atoms with Crippen molar-refractivity contribution in [3.63, 3.8) is 0 Å². The van der Waals surface area contributed by atoms with Gasteiger partial charge in [-0.15, -0.1) is 0 Å². The van der Waals surface area contributed by atoms with E-state index in [1.807, 2.05) is 11.8 Å². The molecule has 0 aliphatic carbocycles. The molecule has 0 saturated heterocycles. The van der Waals surface area contributed by atoms with Gasteiger partial charge >= 0.3 is 0 Å². The van der Waals surface area contributed by atoms with E-state index in [1.54, 1.807) is 0 Å². The Morgan fingerprint density at radius 1 is 0.455 bits per heavy atom. The highest BCUT2D eigenvalue weighted by Gasteiger charge is 2.45. The Labute approximate surface area is 197 Å². The molecule has 2 heterocycles. The monoisotopic (exact) mass is 439 g/mol. The molecule has 1 aliphatic rings. The quantitative estimate of drug-likeness (QED) is 0.263. The van der Waals surface area contributed by atoms with E-state index < -0.39 is 5.54 Å². The Bertz CT molecular complexity index is 1550. The van der Waals surface area contributed by atoms with Crippen LogP contribution in [0.2, 0.25) is 0 Å². The second kappa shape index (κ2) is 7.13. The Hall–Kier alpha value is -3.75. The van der Waals surface area contributed by atoms with E-state index in [0.29, 0.717) is 0 Å². The molecule has 0 N–H and O–H groups in total. The predicted molar refractivity (Wildman–Crippen MR) is 138 cm³/mol. The number of hydrogen-bond acceptors (Lipinski definition) is 1. The van der Waals surface area contributed by atoms with Gasteiger partial charge in [0, 0.05) is 31.7 Å². The number of aromatic nitrogens is 1. The van der Waals surface area contributed by atoms with Gasteiger partial charge in [0.15, 0.2) is 0 Å². The molecule has 0 radical (unpaired) electrons. The first-order valence-corrected chi connectivity index (χ1v) is 12.1. The van der Waals surface area contributed by atoms with E-state index in [1.165, 1.54) is 48.3 Å². The third kappa shape index (κ3) is 2.50. The highest BCUT2D eigenvalue weighted by Crippen LogP contribution is 2.55. The summed E-state index contributed by atoms with van der Waals surface area (Å²) in [5, 5.41) is 2.58. The highest BCUT2D eigenvalue weighted by molar-refractivity contribution is 7.99. The Balaban J connectivity index is 1.78. The Morgan fingerprint density at radius 2 is 0.909 bits per heavy atom. The average molecular weight is 440 g/mol. The molecule has 6 aromatic rings. The predicted octanol–water partition coefficient (Wildman–Crippen LogP) is 8.10. The third-order valence-electron chi connectivity index (χ3n) is 6.88. The third-order valence-corrected chi connectivity index (χ3v) is 8.03. The summed E-state index contributed by atoms with van der Waals surface area (Å²) in [7, 11) is 0. The molecule has 2 heteroatoms. The van der Waals surface area contributed by atoms with E-state index in [-0.39, 0.29) is 0 Å². The minimum absolute atomic E-state index is 0.484. The minimum Gasteiger partial charge on any atom is -0.322 e. The molecule has 5 aromatic carbocycles. The van der Waals surface area contributed by atoms with E-state index in [2.05, 4.69) is 132 Å². The van der Waals surface area contributed by atoms with Crippen molar-refractivity contribution in [1.29, 1.82) is 0 Å². The lowest BCUT2D eigenvalue weighted by molar-refractivity contribution is 0.525. The van der Waals surface area contributed by atoms with Crippen LogP contribution in [0.15, 0.2) is 137 Å². The molecule has 0 amide bonds. The van der Waals surface area contributed by atoms with E-state index >= 15 is 0 Å². The smallest absolute Gasteiger partial charge is 0.123 e. The molecule has 156 valence electrons. The van der Waals surface area contributed by atoms with Gasteiger partial charge in [-0.2, -0.15) is 0 Å². The second-order valence-electron chi connectivity index (χ2n) is 8.54. The summed E-state index contributed by atoms with van der Waals surface area (Å²) in [6.07, 6.45) is 0. The van der Waals surface area contributed by atoms with Crippen molar-refractivity contribution in [3.05, 3.63) is 144 Å². The largest absolute Gasteiger partial charge is 0.322 e. The van der Waals surface area contributed by atoms with Gasteiger partial charge in [0.25, 0.3) is 0 Å². The fourth-order valence-electron chi connectivity index (χ4n) is 5.62. The van der Waals surface area contributed by atoms with Crippen LogP contribution in [0, 0.1) is 0 Å². The Kier molecular flexibility index (Phi) is 4.06. The number of para-hydroxylation sites is 2. The molecule has 0 spiro atoms. The fourth-order valence-corrected chi connectivity index (χ4v) is 6.80. The molecule has 1 nitrogen and oxygen atoms in total. The van der Waals surface area contributed by atoms with Gasteiger partial charge in [-0.3, -0.25) is 0 Å². The molecule has 1 aromatic heterocycles. The lowest BCUT2D eigenvalue weighted by Gasteiger charge is -2.43. The maximum atomic E-state index is 2.59. The van der Waals surface area contributed by atoms with Crippen molar-refractivity contribution >= 4 is 33.6 Å². The summed E-state index contributed by atoms with van der Waals surface area (Å²) in [6.45, 7) is 0. The van der Waals surface area contributed by atoms with Crippen LogP contribution in [-0.4, -0.2) is 4.57 Å². The van der Waals surface area contributed by atoms with Crippen LogP contribution >= 0.6 is 11.8 Å². The lowest BCUT2D eigenvalue weighted by Crippen LogP contribution is -2.40. The SMILES string of the molecule is c1ccc(C2(n3c4ccccc4c4ccccc43)c3ccccc3Sc3ccccc32)cc1. The van der Waals surface area contributed by atoms with Crippen molar-refractivity contribution in [2.24, 2.45) is 0 Å². The lowest BCUT2D eigenvalue weighted by atomic mass is 9.76. The summed E-state index contributed by atoms with van der Waals surface area (Å²) < 4.78 is 2.59. The first kappa shape index (κ1) is 18.8. The summed E-state index contributed by atoms with van der Waals surface area (Å²) in [6, 6.07) is 46.5. The van der Waals surface area contributed by atoms with E-state index in [9.17, 15) is 0 Å². The summed E-state index contributed by atoms with van der Waals surface area (Å²) in [4.78, 5) is 2.61. The molecule has 1 aliphatic heterocycles. The van der Waals surface area contributed by atoms with Crippen LogP contribution < -0.4 is 0 Å². The van der Waals surface area contributed by atoms with Gasteiger partial charge in [-0.25, -0.2) is 0 Å². The average Bonchev–Trinajstić information content (AvgIpc) is 3.23. The highest BCUT2D eigenvalue weighted by atomic mass is 32.2. The molecule has 0 atom stereocenters. The normalized spacial score (nSPS) is 14.2.